The van der Waals surface area contributed by atoms with Crippen LogP contribution in [0.25, 0.3) is 0 Å². The van der Waals surface area contributed by atoms with Gasteiger partial charge >= 0.3 is 0 Å². The highest BCUT2D eigenvalue weighted by atomic mass is 14.3. The van der Waals surface area contributed by atoms with Crippen molar-refractivity contribution in [3.05, 3.63) is 34.9 Å². The van der Waals surface area contributed by atoms with Crippen LogP contribution in [0, 0.1) is 0 Å². The Morgan fingerprint density at radius 1 is 1.21 bits per heavy atom. The maximum absolute atomic E-state index is 2.42. The van der Waals surface area contributed by atoms with Crippen LogP contribution in [0.15, 0.2) is 18.2 Å². The van der Waals surface area contributed by atoms with Crippen LogP contribution in [0.5, 0.6) is 0 Å². The van der Waals surface area contributed by atoms with Crippen LogP contribution in [0.1, 0.15) is 56.7 Å². The minimum atomic E-state index is 0.293. The van der Waals surface area contributed by atoms with Crippen LogP contribution in [0.3, 0.4) is 0 Å². The molecule has 0 spiro atoms. The molecule has 0 aliphatic heterocycles. The van der Waals surface area contributed by atoms with E-state index >= 15 is 0 Å². The third-order valence-corrected chi connectivity index (χ3v) is 3.39. The molecular formula is C14H20. The zero-order valence-electron chi connectivity index (χ0n) is 9.72. The third-order valence-electron chi connectivity index (χ3n) is 3.39. The summed E-state index contributed by atoms with van der Waals surface area (Å²) in [5.41, 5.74) is 4.94. The Hall–Kier alpha value is -0.780. The van der Waals surface area contributed by atoms with E-state index in [-0.39, 0.29) is 0 Å². The summed E-state index contributed by atoms with van der Waals surface area (Å²) in [7, 11) is 0. The van der Waals surface area contributed by atoms with Crippen molar-refractivity contribution in [2.45, 2.75) is 51.9 Å². The van der Waals surface area contributed by atoms with Gasteiger partial charge in [-0.1, -0.05) is 45.9 Å². The number of hydrogen-bond donors (Lipinski definition) is 0. The van der Waals surface area contributed by atoms with Crippen molar-refractivity contribution in [1.29, 1.82) is 0 Å². The first kappa shape index (κ1) is 9.76. The van der Waals surface area contributed by atoms with Gasteiger partial charge in [0.1, 0.15) is 0 Å². The monoisotopic (exact) mass is 188 g/mol. The van der Waals surface area contributed by atoms with Crippen molar-refractivity contribution in [2.75, 3.05) is 0 Å². The van der Waals surface area contributed by atoms with Crippen LogP contribution in [0.2, 0.25) is 0 Å². The van der Waals surface area contributed by atoms with Crippen molar-refractivity contribution >= 4 is 0 Å². The van der Waals surface area contributed by atoms with E-state index < -0.39 is 0 Å². The molecule has 14 heavy (non-hydrogen) atoms. The van der Waals surface area contributed by atoms with Crippen LogP contribution >= 0.6 is 0 Å². The fourth-order valence-electron chi connectivity index (χ4n) is 2.30. The van der Waals surface area contributed by atoms with Gasteiger partial charge in [0.15, 0.2) is 0 Å². The highest BCUT2D eigenvalue weighted by Crippen LogP contribution is 2.35. The Morgan fingerprint density at radius 3 is 2.57 bits per heavy atom. The fourth-order valence-corrected chi connectivity index (χ4v) is 2.30. The number of fused-ring (bicyclic) bond motifs is 1. The highest BCUT2D eigenvalue weighted by molar-refractivity contribution is 5.40. The SMILES string of the molecule is CC1CCc2cc(C(C)(C)C)ccc21. The number of rotatable bonds is 0. The predicted octanol–water partition coefficient (Wildman–Crippen LogP) is 4.03. The zero-order chi connectivity index (χ0) is 10.3. The molecular weight excluding hydrogens is 168 g/mol. The molecule has 1 unspecified atom stereocenters. The molecule has 1 aromatic carbocycles. The van der Waals surface area contributed by atoms with Gasteiger partial charge in [-0.15, -0.1) is 0 Å². The molecule has 0 bridgehead atoms. The van der Waals surface area contributed by atoms with Crippen molar-refractivity contribution in [1.82, 2.24) is 0 Å². The van der Waals surface area contributed by atoms with Gasteiger partial charge < -0.3 is 0 Å². The first-order chi connectivity index (χ1) is 6.48. The molecule has 0 amide bonds. The van der Waals surface area contributed by atoms with E-state index in [1.807, 2.05) is 0 Å². The predicted molar refractivity (Wildman–Crippen MR) is 61.9 cm³/mol. The van der Waals surface area contributed by atoms with E-state index in [1.54, 1.807) is 11.1 Å². The van der Waals surface area contributed by atoms with Crippen molar-refractivity contribution in [2.24, 2.45) is 0 Å². The number of benzene rings is 1. The van der Waals surface area contributed by atoms with Gasteiger partial charge in [-0.3, -0.25) is 0 Å². The fraction of sp³-hybridized carbons (Fsp3) is 0.571. The maximum Gasteiger partial charge on any atom is -0.0132 e. The molecule has 2 rings (SSSR count). The van der Waals surface area contributed by atoms with E-state index in [1.165, 1.54) is 18.4 Å². The molecule has 76 valence electrons. The van der Waals surface area contributed by atoms with Crippen LogP contribution in [0.4, 0.5) is 0 Å². The molecule has 0 N–H and O–H groups in total. The minimum Gasteiger partial charge on any atom is -0.0584 e. The van der Waals surface area contributed by atoms with Gasteiger partial charge in [-0.05, 0) is 40.9 Å². The topological polar surface area (TPSA) is 0 Å². The summed E-state index contributed by atoms with van der Waals surface area (Å²) in [6.07, 6.45) is 2.61. The maximum atomic E-state index is 2.42. The molecule has 0 saturated heterocycles. The summed E-state index contributed by atoms with van der Waals surface area (Å²) in [6.45, 7) is 9.19. The van der Waals surface area contributed by atoms with Gasteiger partial charge in [0, 0.05) is 0 Å². The molecule has 0 fully saturated rings. The lowest BCUT2D eigenvalue weighted by Gasteiger charge is -2.20. The first-order valence-electron chi connectivity index (χ1n) is 5.62. The standard InChI is InChI=1S/C14H20/c1-10-5-6-11-9-12(14(2,3)4)7-8-13(10)11/h7-10H,5-6H2,1-4H3. The summed E-state index contributed by atoms with van der Waals surface area (Å²) in [4.78, 5) is 0. The minimum absolute atomic E-state index is 0.293. The Labute approximate surface area is 87.3 Å². The van der Waals surface area contributed by atoms with E-state index in [4.69, 9.17) is 0 Å². The molecule has 1 aliphatic rings. The van der Waals surface area contributed by atoms with Gasteiger partial charge in [-0.2, -0.15) is 0 Å². The zero-order valence-corrected chi connectivity index (χ0v) is 9.72. The molecule has 0 radical (unpaired) electrons. The average Bonchev–Trinajstić information content (AvgIpc) is 2.46. The summed E-state index contributed by atoms with van der Waals surface area (Å²) >= 11 is 0. The molecule has 0 nitrogen and oxygen atoms in total. The Bertz CT molecular complexity index is 342. The molecule has 1 aromatic rings. The largest absolute Gasteiger partial charge is 0.0584 e. The van der Waals surface area contributed by atoms with Crippen LogP contribution in [-0.4, -0.2) is 0 Å². The van der Waals surface area contributed by atoms with E-state index in [9.17, 15) is 0 Å². The second kappa shape index (κ2) is 3.12. The van der Waals surface area contributed by atoms with Crippen LogP contribution < -0.4 is 0 Å². The second-order valence-corrected chi connectivity index (χ2v) is 5.60. The molecule has 0 saturated carbocycles. The molecule has 0 heteroatoms. The average molecular weight is 188 g/mol. The number of hydrogen-bond acceptors (Lipinski definition) is 0. The summed E-state index contributed by atoms with van der Waals surface area (Å²) in [6, 6.07) is 7.06. The van der Waals surface area contributed by atoms with E-state index in [2.05, 4.69) is 45.9 Å². The molecule has 1 atom stereocenters. The van der Waals surface area contributed by atoms with Crippen molar-refractivity contribution in [3.8, 4) is 0 Å². The molecule has 1 aliphatic carbocycles. The van der Waals surface area contributed by atoms with Gasteiger partial charge in [-0.25, -0.2) is 0 Å². The lowest BCUT2D eigenvalue weighted by molar-refractivity contribution is 0.589. The Morgan fingerprint density at radius 2 is 1.93 bits per heavy atom. The van der Waals surface area contributed by atoms with E-state index in [0.29, 0.717) is 5.41 Å². The summed E-state index contributed by atoms with van der Waals surface area (Å²) in [5, 5.41) is 0. The second-order valence-electron chi connectivity index (χ2n) is 5.60. The normalized spacial score (nSPS) is 21.0. The molecule has 0 heterocycles. The third kappa shape index (κ3) is 1.58. The van der Waals surface area contributed by atoms with Gasteiger partial charge in [0.2, 0.25) is 0 Å². The Balaban J connectivity index is 2.42. The quantitative estimate of drug-likeness (QED) is 0.576. The summed E-state index contributed by atoms with van der Waals surface area (Å²) in [5.74, 6) is 0.777. The van der Waals surface area contributed by atoms with Crippen LogP contribution in [-0.2, 0) is 11.8 Å². The Kier molecular flexibility index (Phi) is 2.17. The first-order valence-corrected chi connectivity index (χ1v) is 5.62. The van der Waals surface area contributed by atoms with E-state index in [0.717, 1.165) is 5.92 Å². The van der Waals surface area contributed by atoms with Crippen molar-refractivity contribution < 1.29 is 0 Å². The van der Waals surface area contributed by atoms with Crippen molar-refractivity contribution in [3.63, 3.8) is 0 Å². The smallest absolute Gasteiger partial charge is 0.0132 e. The summed E-state index contributed by atoms with van der Waals surface area (Å²) < 4.78 is 0. The number of aryl methyl sites for hydroxylation is 1. The highest BCUT2D eigenvalue weighted by Gasteiger charge is 2.21. The lowest BCUT2D eigenvalue weighted by atomic mass is 9.85. The van der Waals surface area contributed by atoms with Gasteiger partial charge in [0.25, 0.3) is 0 Å². The lowest BCUT2D eigenvalue weighted by Crippen LogP contribution is -2.11. The van der Waals surface area contributed by atoms with Gasteiger partial charge in [0.05, 0.1) is 0 Å². The molecule has 0 aromatic heterocycles.